The fourth-order valence-corrected chi connectivity index (χ4v) is 8.43. The van der Waals surface area contributed by atoms with Crippen molar-refractivity contribution in [3.63, 3.8) is 0 Å². The molecule has 3 aromatic heterocycles. The van der Waals surface area contributed by atoms with Gasteiger partial charge in [-0.25, -0.2) is 18.6 Å². The number of nitrogens with zero attached hydrogens (tertiary/aromatic N) is 4. The molecule has 306 valence electrons. The fourth-order valence-electron chi connectivity index (χ4n) is 7.78. The molecule has 2 aromatic carbocycles. The van der Waals surface area contributed by atoms with Crippen LogP contribution in [0.5, 0.6) is 5.88 Å². The van der Waals surface area contributed by atoms with E-state index >= 15 is 0 Å². The number of aryl methyl sites for hydroxylation is 1. The highest BCUT2D eigenvalue weighted by Crippen LogP contribution is 2.42. The summed E-state index contributed by atoms with van der Waals surface area (Å²) in [6.45, 7) is 6.44. The van der Waals surface area contributed by atoms with E-state index < -0.39 is 17.6 Å². The van der Waals surface area contributed by atoms with E-state index in [0.29, 0.717) is 81.8 Å². The third kappa shape index (κ3) is 9.24. The Kier molecular flexibility index (Phi) is 12.0. The van der Waals surface area contributed by atoms with E-state index in [1.54, 1.807) is 11.1 Å². The summed E-state index contributed by atoms with van der Waals surface area (Å²) in [5.41, 5.74) is 6.08. The molecule has 1 saturated heterocycles. The van der Waals surface area contributed by atoms with Gasteiger partial charge in [0.1, 0.15) is 5.60 Å². The number of hydrogen-bond acceptors (Lipinski definition) is 7. The Morgan fingerprint density at radius 3 is 2.47 bits per heavy atom. The summed E-state index contributed by atoms with van der Waals surface area (Å²) in [5.74, 6) is -2.27. The van der Waals surface area contributed by atoms with Crippen LogP contribution in [0.2, 0.25) is 10.0 Å². The topological polar surface area (TPSA) is 111 Å². The number of ether oxygens (including phenoxy) is 2. The van der Waals surface area contributed by atoms with Crippen molar-refractivity contribution in [2.24, 2.45) is 7.05 Å². The van der Waals surface area contributed by atoms with Gasteiger partial charge in [0, 0.05) is 103 Å². The van der Waals surface area contributed by atoms with Gasteiger partial charge in [0.15, 0.2) is 0 Å². The first-order valence-electron chi connectivity index (χ1n) is 19.5. The predicted molar refractivity (Wildman–Crippen MR) is 223 cm³/mol. The van der Waals surface area contributed by atoms with Crippen LogP contribution in [0.25, 0.3) is 44.5 Å². The summed E-state index contributed by atoms with van der Waals surface area (Å²) < 4.78 is 40.9. The molecule has 1 atom stereocenters. The highest BCUT2D eigenvalue weighted by atomic mass is 35.5. The summed E-state index contributed by atoms with van der Waals surface area (Å²) in [6, 6.07) is 17.2. The number of aromatic nitrogens is 3. The van der Waals surface area contributed by atoms with Crippen LogP contribution in [0.15, 0.2) is 67.0 Å². The summed E-state index contributed by atoms with van der Waals surface area (Å²) in [6.07, 6.45) is 5.10. The average Bonchev–Trinajstić information content (AvgIpc) is 3.74. The number of methoxy groups -OCH3 is 1. The van der Waals surface area contributed by atoms with Gasteiger partial charge in [0.2, 0.25) is 17.7 Å². The number of carbonyl (C=O) groups excluding carboxylic acids is 2. The maximum Gasteiger partial charge on any atom is 0.410 e. The van der Waals surface area contributed by atoms with Crippen molar-refractivity contribution in [3.05, 3.63) is 88.2 Å². The Hall–Kier alpha value is -4.78. The molecule has 0 bridgehead atoms. The predicted octanol–water partition coefficient (Wildman–Crippen LogP) is 9.97. The second-order valence-corrected chi connectivity index (χ2v) is 17.0. The zero-order valence-corrected chi connectivity index (χ0v) is 34.8. The van der Waals surface area contributed by atoms with Gasteiger partial charge in [0.05, 0.1) is 35.1 Å². The van der Waals surface area contributed by atoms with Crippen molar-refractivity contribution in [1.82, 2.24) is 30.1 Å². The van der Waals surface area contributed by atoms with Gasteiger partial charge in [-0.2, -0.15) is 0 Å². The van der Waals surface area contributed by atoms with Crippen molar-refractivity contribution in [3.8, 4) is 39.5 Å². The molecular weight excluding hydrogens is 785 g/mol. The van der Waals surface area contributed by atoms with Crippen molar-refractivity contribution in [1.29, 1.82) is 0 Å². The van der Waals surface area contributed by atoms with Gasteiger partial charge in [-0.15, -0.1) is 0 Å². The molecule has 2 amide bonds. The number of benzene rings is 2. The van der Waals surface area contributed by atoms with E-state index in [2.05, 4.69) is 38.5 Å². The Morgan fingerprint density at radius 1 is 1.02 bits per heavy atom. The van der Waals surface area contributed by atoms with E-state index in [4.69, 9.17) is 37.7 Å². The largest absolute Gasteiger partial charge is 0.481 e. The van der Waals surface area contributed by atoms with E-state index in [0.717, 1.165) is 22.0 Å². The van der Waals surface area contributed by atoms with Crippen molar-refractivity contribution >= 4 is 46.1 Å². The number of hydrogen-bond donors (Lipinski definition) is 2. The van der Waals surface area contributed by atoms with E-state index in [1.165, 1.54) is 7.11 Å². The molecule has 0 spiro atoms. The zero-order valence-electron chi connectivity index (χ0n) is 33.3. The van der Waals surface area contributed by atoms with Crippen LogP contribution in [0.4, 0.5) is 13.6 Å². The quantitative estimate of drug-likeness (QED) is 0.136. The zero-order chi connectivity index (χ0) is 41.4. The van der Waals surface area contributed by atoms with Crippen LogP contribution in [-0.4, -0.2) is 68.7 Å². The van der Waals surface area contributed by atoms with Gasteiger partial charge >= 0.3 is 6.09 Å². The number of amides is 2. The lowest BCUT2D eigenvalue weighted by Crippen LogP contribution is -2.43. The summed E-state index contributed by atoms with van der Waals surface area (Å²) in [7, 11) is 3.51. The Balaban J connectivity index is 1.13. The monoisotopic (exact) mass is 832 g/mol. The summed E-state index contributed by atoms with van der Waals surface area (Å²) >= 11 is 14.3. The third-order valence-corrected chi connectivity index (χ3v) is 11.6. The maximum absolute atomic E-state index is 13.7. The number of pyridine rings is 2. The Labute approximate surface area is 347 Å². The van der Waals surface area contributed by atoms with E-state index in [9.17, 15) is 18.4 Å². The molecule has 14 heteroatoms. The molecule has 1 aliphatic carbocycles. The molecule has 1 aliphatic heterocycles. The Morgan fingerprint density at radius 2 is 1.76 bits per heavy atom. The number of nitrogens with one attached hydrogen (secondary N) is 2. The second-order valence-electron chi connectivity index (χ2n) is 16.2. The van der Waals surface area contributed by atoms with Crippen molar-refractivity contribution in [2.75, 3.05) is 13.7 Å². The minimum Gasteiger partial charge on any atom is -0.481 e. The molecule has 2 fully saturated rings. The van der Waals surface area contributed by atoms with Gasteiger partial charge < -0.3 is 29.6 Å². The molecular formula is C44H48Cl2F2N6O4. The Bertz CT molecular complexity index is 2340. The summed E-state index contributed by atoms with van der Waals surface area (Å²) in [5, 5.41) is 8.36. The number of halogens is 4. The first-order valence-corrected chi connectivity index (χ1v) is 20.3. The molecule has 10 nitrogen and oxygen atoms in total. The maximum atomic E-state index is 13.7. The molecule has 58 heavy (non-hydrogen) atoms. The molecule has 0 unspecified atom stereocenters. The smallest absolute Gasteiger partial charge is 0.410 e. The fraction of sp³-hybridized carbons (Fsp3) is 0.409. The van der Waals surface area contributed by atoms with Crippen molar-refractivity contribution < 1.29 is 27.8 Å². The number of alkyl halides is 2. The second kappa shape index (κ2) is 16.8. The van der Waals surface area contributed by atoms with Crippen molar-refractivity contribution in [2.45, 2.75) is 96.0 Å². The SMILES string of the molecule is COc1nc(-c2cccc(-c3ccnc(-c4ccc5c(CNC6CCC(F)(F)CC6)cn(C)c5c4)c3Cl)c2Cl)ccc1CN(C[C@@H]1CCC(=O)N1)C(=O)OC(C)(C)C. The lowest BCUT2D eigenvalue weighted by Gasteiger charge is -2.29. The number of fused-ring (bicyclic) bond motifs is 1. The number of rotatable bonds is 11. The number of carbonyl (C=O) groups is 2. The van der Waals surface area contributed by atoms with Gasteiger partial charge in [0.25, 0.3) is 0 Å². The highest BCUT2D eigenvalue weighted by Gasteiger charge is 2.35. The van der Waals surface area contributed by atoms with Gasteiger partial charge in [-0.05, 0) is 69.9 Å². The van der Waals surface area contributed by atoms with Crippen LogP contribution in [0, 0.1) is 0 Å². The third-order valence-electron chi connectivity index (χ3n) is 10.8. The van der Waals surface area contributed by atoms with Crippen LogP contribution in [0.1, 0.15) is 70.4 Å². The van der Waals surface area contributed by atoms with E-state index in [-0.39, 0.29) is 43.9 Å². The average molecular weight is 834 g/mol. The molecule has 2 aliphatic rings. The van der Waals surface area contributed by atoms with Gasteiger partial charge in [-0.3, -0.25) is 9.78 Å². The van der Waals surface area contributed by atoms with Gasteiger partial charge in [-0.1, -0.05) is 53.5 Å². The molecule has 7 rings (SSSR count). The lowest BCUT2D eigenvalue weighted by molar-refractivity contribution is -0.119. The standard InChI is InChI=1S/C44H48Cl2F2N6O4/c1-43(2,3)58-42(56)54(25-30-11-14-37(55)51-30)24-27-10-13-35(52-41(27)57-5)34-8-6-7-32(38(34)45)33-17-20-49-40(39(33)46)26-9-12-31-28(23-53(4)36(31)21-26)22-50-29-15-18-44(47,48)19-16-29/h6-10,12-13,17,20-21,23,29-30,50H,11,14-16,18-19,22,24-25H2,1-5H3,(H,51,55)/t30-/m0/s1. The first-order chi connectivity index (χ1) is 27.6. The minimum absolute atomic E-state index is 0.0378. The molecule has 5 aromatic rings. The molecule has 2 N–H and O–H groups in total. The minimum atomic E-state index is -2.55. The molecule has 1 saturated carbocycles. The summed E-state index contributed by atoms with van der Waals surface area (Å²) in [4.78, 5) is 36.3. The van der Waals surface area contributed by atoms with Crippen LogP contribution < -0.4 is 15.4 Å². The van der Waals surface area contributed by atoms with Crippen LogP contribution >= 0.6 is 23.2 Å². The highest BCUT2D eigenvalue weighted by molar-refractivity contribution is 6.39. The van der Waals surface area contributed by atoms with Crippen LogP contribution in [0.3, 0.4) is 0 Å². The first kappa shape index (κ1) is 41.4. The van der Waals surface area contributed by atoms with Crippen LogP contribution in [-0.2, 0) is 29.7 Å². The lowest BCUT2D eigenvalue weighted by atomic mass is 9.92. The normalized spacial score (nSPS) is 17.1. The molecule has 0 radical (unpaired) electrons. The molecule has 4 heterocycles. The van der Waals surface area contributed by atoms with E-state index in [1.807, 2.05) is 70.3 Å².